The number of tetrazole rings is 1. The fourth-order valence-corrected chi connectivity index (χ4v) is 2.17. The van der Waals surface area contributed by atoms with E-state index in [9.17, 15) is 0 Å². The van der Waals surface area contributed by atoms with Gasteiger partial charge in [-0.2, -0.15) is 4.68 Å². The van der Waals surface area contributed by atoms with E-state index in [1.54, 1.807) is 18.0 Å². The monoisotopic (exact) mass is 299 g/mol. The summed E-state index contributed by atoms with van der Waals surface area (Å²) in [7, 11) is 3.59. The Morgan fingerprint density at radius 2 is 2.18 bits per heavy atom. The molecule has 0 bridgehead atoms. The maximum Gasteiger partial charge on any atom is 0.153 e. The number of nitrogens with zero attached hydrogens (tertiary/aromatic N) is 6. The highest BCUT2D eigenvalue weighted by molar-refractivity contribution is 5.58. The number of hydrogen-bond acceptors (Lipinski definition) is 6. The van der Waals surface area contributed by atoms with Crippen molar-refractivity contribution in [2.75, 3.05) is 12.4 Å². The molecule has 0 aliphatic carbocycles. The van der Waals surface area contributed by atoms with Gasteiger partial charge in [0.25, 0.3) is 0 Å². The standard InChI is InChI=1S/C14H17N7O/c1-10-17-18-19-21(10)12-8-11(4-5-13(12)22-3)16-9-14-15-6-7-20(14)2/h4-8,16H,9H2,1-3H3. The molecule has 0 aliphatic rings. The van der Waals surface area contributed by atoms with Crippen LogP contribution in [0.2, 0.25) is 0 Å². The average Bonchev–Trinajstić information content (AvgIpc) is 3.13. The first-order valence-corrected chi connectivity index (χ1v) is 6.82. The van der Waals surface area contributed by atoms with Crippen molar-refractivity contribution in [2.45, 2.75) is 13.5 Å². The SMILES string of the molecule is COc1ccc(NCc2nccn2C)cc1-n1nnnc1C. The number of imidazole rings is 1. The van der Waals surface area contributed by atoms with Gasteiger partial charge in [-0.15, -0.1) is 5.10 Å². The Bertz CT molecular complexity index is 777. The molecule has 0 saturated carbocycles. The van der Waals surface area contributed by atoms with E-state index < -0.39 is 0 Å². The summed E-state index contributed by atoms with van der Waals surface area (Å²) < 4.78 is 9.01. The van der Waals surface area contributed by atoms with Crippen LogP contribution in [-0.2, 0) is 13.6 Å². The first-order chi connectivity index (χ1) is 10.7. The van der Waals surface area contributed by atoms with Crippen LogP contribution in [0.15, 0.2) is 30.6 Å². The number of anilines is 1. The van der Waals surface area contributed by atoms with Gasteiger partial charge in [0.2, 0.25) is 0 Å². The fraction of sp³-hybridized carbons (Fsp3) is 0.286. The molecule has 0 fully saturated rings. The van der Waals surface area contributed by atoms with Crippen LogP contribution in [0.5, 0.6) is 5.75 Å². The fourth-order valence-electron chi connectivity index (χ4n) is 2.17. The molecule has 0 spiro atoms. The van der Waals surface area contributed by atoms with Crippen LogP contribution in [0.25, 0.3) is 5.69 Å². The number of hydrogen-bond donors (Lipinski definition) is 1. The molecule has 8 nitrogen and oxygen atoms in total. The van der Waals surface area contributed by atoms with Crippen LogP contribution in [0.3, 0.4) is 0 Å². The third kappa shape index (κ3) is 2.62. The van der Waals surface area contributed by atoms with E-state index in [1.807, 2.05) is 42.9 Å². The maximum absolute atomic E-state index is 5.39. The van der Waals surface area contributed by atoms with E-state index in [2.05, 4.69) is 25.8 Å². The van der Waals surface area contributed by atoms with Gasteiger partial charge in [0, 0.05) is 25.1 Å². The van der Waals surface area contributed by atoms with Crippen molar-refractivity contribution in [3.8, 4) is 11.4 Å². The highest BCUT2D eigenvalue weighted by Crippen LogP contribution is 2.26. The van der Waals surface area contributed by atoms with Gasteiger partial charge in [0.1, 0.15) is 17.3 Å². The molecule has 1 N–H and O–H groups in total. The Hall–Kier alpha value is -2.90. The van der Waals surface area contributed by atoms with E-state index in [0.29, 0.717) is 18.1 Å². The lowest BCUT2D eigenvalue weighted by atomic mass is 10.2. The third-order valence-corrected chi connectivity index (χ3v) is 3.40. The average molecular weight is 299 g/mol. The Morgan fingerprint density at radius 1 is 1.32 bits per heavy atom. The normalized spacial score (nSPS) is 10.7. The summed E-state index contributed by atoms with van der Waals surface area (Å²) in [5.41, 5.74) is 1.73. The van der Waals surface area contributed by atoms with Crippen LogP contribution >= 0.6 is 0 Å². The van der Waals surface area contributed by atoms with Gasteiger partial charge in [-0.1, -0.05) is 0 Å². The summed E-state index contributed by atoms with van der Waals surface area (Å²) in [5.74, 6) is 2.36. The Kier molecular flexibility index (Phi) is 3.73. The number of rotatable bonds is 5. The molecule has 3 aromatic rings. The Morgan fingerprint density at radius 3 is 2.82 bits per heavy atom. The lowest BCUT2D eigenvalue weighted by Crippen LogP contribution is -2.07. The van der Waals surface area contributed by atoms with Gasteiger partial charge in [0.05, 0.1) is 13.7 Å². The lowest BCUT2D eigenvalue weighted by Gasteiger charge is -2.12. The van der Waals surface area contributed by atoms with E-state index >= 15 is 0 Å². The van der Waals surface area contributed by atoms with Crippen molar-refractivity contribution in [1.82, 2.24) is 29.8 Å². The molecule has 0 saturated heterocycles. The zero-order chi connectivity index (χ0) is 15.5. The number of methoxy groups -OCH3 is 1. The van der Waals surface area contributed by atoms with E-state index in [0.717, 1.165) is 17.2 Å². The summed E-state index contributed by atoms with van der Waals surface area (Å²) >= 11 is 0. The van der Waals surface area contributed by atoms with Crippen LogP contribution in [0, 0.1) is 6.92 Å². The molecule has 3 rings (SSSR count). The van der Waals surface area contributed by atoms with Gasteiger partial charge >= 0.3 is 0 Å². The zero-order valence-corrected chi connectivity index (χ0v) is 12.7. The van der Waals surface area contributed by atoms with Gasteiger partial charge in [-0.05, 0) is 35.5 Å². The lowest BCUT2D eigenvalue weighted by molar-refractivity contribution is 0.411. The molecule has 8 heteroatoms. The molecule has 114 valence electrons. The summed E-state index contributed by atoms with van der Waals surface area (Å²) in [5, 5.41) is 14.9. The van der Waals surface area contributed by atoms with Crippen molar-refractivity contribution in [2.24, 2.45) is 7.05 Å². The van der Waals surface area contributed by atoms with Crippen molar-refractivity contribution in [1.29, 1.82) is 0 Å². The molecule has 22 heavy (non-hydrogen) atoms. The van der Waals surface area contributed by atoms with E-state index in [1.165, 1.54) is 0 Å². The first-order valence-electron chi connectivity index (χ1n) is 6.82. The Balaban J connectivity index is 1.87. The van der Waals surface area contributed by atoms with Crippen molar-refractivity contribution in [3.05, 3.63) is 42.2 Å². The van der Waals surface area contributed by atoms with Crippen molar-refractivity contribution >= 4 is 5.69 Å². The number of aromatic nitrogens is 6. The molecular formula is C14H17N7O. The summed E-state index contributed by atoms with van der Waals surface area (Å²) in [6.45, 7) is 2.47. The van der Waals surface area contributed by atoms with Crippen LogP contribution in [0.4, 0.5) is 5.69 Å². The first kappa shape index (κ1) is 14.1. The van der Waals surface area contributed by atoms with Gasteiger partial charge < -0.3 is 14.6 Å². The molecule has 0 atom stereocenters. The minimum Gasteiger partial charge on any atom is -0.494 e. The molecule has 0 aliphatic heterocycles. The second kappa shape index (κ2) is 5.84. The van der Waals surface area contributed by atoms with Gasteiger partial charge in [-0.3, -0.25) is 0 Å². The summed E-state index contributed by atoms with van der Waals surface area (Å²) in [4.78, 5) is 4.29. The minimum absolute atomic E-state index is 0.629. The van der Waals surface area contributed by atoms with Crippen LogP contribution in [0.1, 0.15) is 11.6 Å². The van der Waals surface area contributed by atoms with E-state index in [4.69, 9.17) is 4.74 Å². The topological polar surface area (TPSA) is 82.7 Å². The summed E-state index contributed by atoms with van der Waals surface area (Å²) in [6.07, 6.45) is 3.70. The van der Waals surface area contributed by atoms with E-state index in [-0.39, 0.29) is 0 Å². The number of benzene rings is 1. The molecule has 0 radical (unpaired) electrons. The molecular weight excluding hydrogens is 282 g/mol. The van der Waals surface area contributed by atoms with Gasteiger partial charge in [-0.25, -0.2) is 4.98 Å². The zero-order valence-electron chi connectivity index (χ0n) is 12.7. The third-order valence-electron chi connectivity index (χ3n) is 3.40. The summed E-state index contributed by atoms with van der Waals surface area (Å²) in [6, 6.07) is 5.79. The number of ether oxygens (including phenoxy) is 1. The maximum atomic E-state index is 5.39. The van der Waals surface area contributed by atoms with Crippen LogP contribution in [-0.4, -0.2) is 36.9 Å². The predicted octanol–water partition coefficient (Wildman–Crippen LogP) is 1.32. The quantitative estimate of drug-likeness (QED) is 0.765. The van der Waals surface area contributed by atoms with Gasteiger partial charge in [0.15, 0.2) is 5.82 Å². The highest BCUT2D eigenvalue weighted by Gasteiger charge is 2.11. The second-order valence-electron chi connectivity index (χ2n) is 4.83. The minimum atomic E-state index is 0.629. The van der Waals surface area contributed by atoms with Crippen molar-refractivity contribution < 1.29 is 4.74 Å². The molecule has 2 heterocycles. The number of aryl methyl sites for hydroxylation is 2. The predicted molar refractivity (Wildman–Crippen MR) is 81.0 cm³/mol. The smallest absolute Gasteiger partial charge is 0.153 e. The molecule has 1 aromatic carbocycles. The second-order valence-corrected chi connectivity index (χ2v) is 4.83. The molecule has 0 unspecified atom stereocenters. The molecule has 0 amide bonds. The largest absolute Gasteiger partial charge is 0.494 e. The highest BCUT2D eigenvalue weighted by atomic mass is 16.5. The number of nitrogens with one attached hydrogen (secondary N) is 1. The Labute approximate surface area is 127 Å². The van der Waals surface area contributed by atoms with Crippen molar-refractivity contribution in [3.63, 3.8) is 0 Å². The van der Waals surface area contributed by atoms with Crippen LogP contribution < -0.4 is 10.1 Å². The molecule has 2 aromatic heterocycles.